The highest BCUT2D eigenvalue weighted by Gasteiger charge is 2.40. The van der Waals surface area contributed by atoms with Crippen molar-refractivity contribution in [3.63, 3.8) is 0 Å². The standard InChI is InChI=1S/C20H22ClN3O2/c1-13-8-15(21)9-16(17(13)18(22)25)19(26)23-20(2)11-24(12-20)10-14-6-4-3-5-7-14/h3-9H,10-12H2,1-2H3,(H2,22,25)(H,23,26). The van der Waals surface area contributed by atoms with E-state index in [4.69, 9.17) is 17.3 Å². The van der Waals surface area contributed by atoms with Crippen LogP contribution in [0.2, 0.25) is 5.02 Å². The highest BCUT2D eigenvalue weighted by molar-refractivity contribution is 6.31. The molecule has 1 saturated heterocycles. The number of rotatable bonds is 5. The predicted molar refractivity (Wildman–Crippen MR) is 102 cm³/mol. The lowest BCUT2D eigenvalue weighted by atomic mass is 9.90. The molecule has 26 heavy (non-hydrogen) atoms. The van der Waals surface area contributed by atoms with E-state index in [9.17, 15) is 9.59 Å². The van der Waals surface area contributed by atoms with Crippen LogP contribution in [-0.2, 0) is 6.54 Å². The van der Waals surface area contributed by atoms with Crippen molar-refractivity contribution in [2.24, 2.45) is 5.73 Å². The van der Waals surface area contributed by atoms with Gasteiger partial charge >= 0.3 is 0 Å². The van der Waals surface area contributed by atoms with Crippen molar-refractivity contribution in [3.05, 3.63) is 69.7 Å². The topological polar surface area (TPSA) is 75.4 Å². The first kappa shape index (κ1) is 18.4. The minimum absolute atomic E-state index is 0.218. The number of hydrogen-bond donors (Lipinski definition) is 2. The zero-order valence-corrected chi connectivity index (χ0v) is 15.6. The van der Waals surface area contributed by atoms with Gasteiger partial charge in [0.1, 0.15) is 0 Å². The summed E-state index contributed by atoms with van der Waals surface area (Å²) in [5.74, 6) is -0.958. The number of amides is 2. The summed E-state index contributed by atoms with van der Waals surface area (Å²) in [6.07, 6.45) is 0. The molecule has 0 aliphatic carbocycles. The molecule has 0 saturated carbocycles. The molecule has 1 fully saturated rings. The van der Waals surface area contributed by atoms with Gasteiger partial charge in [0.05, 0.1) is 16.7 Å². The quantitative estimate of drug-likeness (QED) is 0.848. The monoisotopic (exact) mass is 371 g/mol. The number of nitrogens with zero attached hydrogens (tertiary/aromatic N) is 1. The number of aryl methyl sites for hydroxylation is 1. The second-order valence-corrected chi connectivity index (χ2v) is 7.59. The summed E-state index contributed by atoms with van der Waals surface area (Å²) in [7, 11) is 0. The van der Waals surface area contributed by atoms with Crippen LogP contribution in [0, 0.1) is 6.92 Å². The Morgan fingerprint density at radius 3 is 2.50 bits per heavy atom. The van der Waals surface area contributed by atoms with Crippen molar-refractivity contribution in [2.75, 3.05) is 13.1 Å². The van der Waals surface area contributed by atoms with Gasteiger partial charge in [-0.25, -0.2) is 0 Å². The summed E-state index contributed by atoms with van der Waals surface area (Å²) in [6, 6.07) is 13.3. The van der Waals surface area contributed by atoms with Gasteiger partial charge in [-0.15, -0.1) is 0 Å². The molecule has 3 rings (SSSR count). The largest absolute Gasteiger partial charge is 0.366 e. The fourth-order valence-corrected chi connectivity index (χ4v) is 3.84. The van der Waals surface area contributed by atoms with Crippen molar-refractivity contribution < 1.29 is 9.59 Å². The fraction of sp³-hybridized carbons (Fsp3) is 0.300. The summed E-state index contributed by atoms with van der Waals surface area (Å²) in [5.41, 5.74) is 7.38. The molecule has 1 heterocycles. The Kier molecular flexibility index (Phi) is 5.03. The highest BCUT2D eigenvalue weighted by Crippen LogP contribution is 2.25. The van der Waals surface area contributed by atoms with Crippen LogP contribution in [0.25, 0.3) is 0 Å². The van der Waals surface area contributed by atoms with E-state index in [-0.39, 0.29) is 22.6 Å². The average Bonchev–Trinajstić information content (AvgIpc) is 2.53. The molecule has 2 aromatic carbocycles. The van der Waals surface area contributed by atoms with E-state index in [0.29, 0.717) is 10.6 Å². The summed E-state index contributed by atoms with van der Waals surface area (Å²) in [4.78, 5) is 26.8. The van der Waals surface area contributed by atoms with Gasteiger partial charge in [-0.05, 0) is 37.1 Å². The van der Waals surface area contributed by atoms with Gasteiger partial charge in [0.25, 0.3) is 5.91 Å². The molecule has 0 aromatic heterocycles. The van der Waals surface area contributed by atoms with Crippen molar-refractivity contribution in [1.82, 2.24) is 10.2 Å². The van der Waals surface area contributed by atoms with Crippen molar-refractivity contribution >= 4 is 23.4 Å². The molecule has 2 amide bonds. The van der Waals surface area contributed by atoms with Crippen LogP contribution < -0.4 is 11.1 Å². The maximum absolute atomic E-state index is 12.8. The van der Waals surface area contributed by atoms with E-state index >= 15 is 0 Å². The third-order valence-corrected chi connectivity index (χ3v) is 4.82. The SMILES string of the molecule is Cc1cc(Cl)cc(C(=O)NC2(C)CN(Cc3ccccc3)C2)c1C(N)=O. The minimum atomic E-state index is -0.631. The van der Waals surface area contributed by atoms with Crippen molar-refractivity contribution in [2.45, 2.75) is 25.9 Å². The van der Waals surface area contributed by atoms with Gasteiger partial charge in [-0.3, -0.25) is 14.5 Å². The van der Waals surface area contributed by atoms with E-state index in [2.05, 4.69) is 22.3 Å². The van der Waals surface area contributed by atoms with Gasteiger partial charge in [-0.1, -0.05) is 41.9 Å². The molecular weight excluding hydrogens is 350 g/mol. The maximum Gasteiger partial charge on any atom is 0.252 e. The molecule has 0 radical (unpaired) electrons. The normalized spacial score (nSPS) is 16.0. The number of benzene rings is 2. The Balaban J connectivity index is 1.69. The third-order valence-electron chi connectivity index (χ3n) is 4.60. The molecule has 136 valence electrons. The number of carbonyl (C=O) groups excluding carboxylic acids is 2. The first-order valence-electron chi connectivity index (χ1n) is 8.46. The third kappa shape index (κ3) is 3.89. The lowest BCUT2D eigenvalue weighted by Crippen LogP contribution is -2.68. The van der Waals surface area contributed by atoms with Crippen molar-refractivity contribution in [1.29, 1.82) is 0 Å². The van der Waals surface area contributed by atoms with E-state index < -0.39 is 5.91 Å². The van der Waals surface area contributed by atoms with Crippen LogP contribution in [0.3, 0.4) is 0 Å². The number of primary amides is 1. The van der Waals surface area contributed by atoms with Crippen LogP contribution >= 0.6 is 11.6 Å². The highest BCUT2D eigenvalue weighted by atomic mass is 35.5. The first-order valence-corrected chi connectivity index (χ1v) is 8.84. The van der Waals surface area contributed by atoms with Gasteiger partial charge in [0, 0.05) is 24.7 Å². The van der Waals surface area contributed by atoms with E-state index in [0.717, 1.165) is 19.6 Å². The Hall–Kier alpha value is -2.37. The lowest BCUT2D eigenvalue weighted by molar-refractivity contribution is 0.0417. The number of nitrogens with two attached hydrogens (primary N) is 1. The van der Waals surface area contributed by atoms with E-state index in [1.165, 1.54) is 11.6 Å². The molecule has 0 unspecified atom stereocenters. The second-order valence-electron chi connectivity index (χ2n) is 7.16. The Morgan fingerprint density at radius 1 is 1.23 bits per heavy atom. The molecular formula is C20H22ClN3O2. The van der Waals surface area contributed by atoms with Crippen LogP contribution in [0.4, 0.5) is 0 Å². The summed E-state index contributed by atoms with van der Waals surface area (Å²) in [6.45, 7) is 6.02. The van der Waals surface area contributed by atoms with Gasteiger partial charge < -0.3 is 11.1 Å². The predicted octanol–water partition coefficient (Wildman–Crippen LogP) is 2.75. The average molecular weight is 372 g/mol. The minimum Gasteiger partial charge on any atom is -0.366 e. The van der Waals surface area contributed by atoms with Crippen LogP contribution in [-0.4, -0.2) is 35.3 Å². The van der Waals surface area contributed by atoms with Gasteiger partial charge in [-0.2, -0.15) is 0 Å². The number of hydrogen-bond acceptors (Lipinski definition) is 3. The molecule has 0 atom stereocenters. The smallest absolute Gasteiger partial charge is 0.252 e. The number of likely N-dealkylation sites (tertiary alicyclic amines) is 1. The molecule has 1 aliphatic heterocycles. The van der Waals surface area contributed by atoms with Gasteiger partial charge in [0.2, 0.25) is 5.91 Å². The zero-order valence-electron chi connectivity index (χ0n) is 14.9. The van der Waals surface area contributed by atoms with Crippen LogP contribution in [0.15, 0.2) is 42.5 Å². The zero-order chi connectivity index (χ0) is 18.9. The van der Waals surface area contributed by atoms with Crippen LogP contribution in [0.5, 0.6) is 0 Å². The summed E-state index contributed by atoms with van der Waals surface area (Å²) < 4.78 is 0. The van der Waals surface area contributed by atoms with E-state index in [1.807, 2.05) is 25.1 Å². The van der Waals surface area contributed by atoms with Gasteiger partial charge in [0.15, 0.2) is 0 Å². The molecule has 0 spiro atoms. The van der Waals surface area contributed by atoms with E-state index in [1.54, 1.807) is 13.0 Å². The number of halogens is 1. The summed E-state index contributed by atoms with van der Waals surface area (Å²) >= 11 is 6.06. The fourth-order valence-electron chi connectivity index (χ4n) is 3.56. The maximum atomic E-state index is 12.8. The second kappa shape index (κ2) is 7.09. The Labute approximate surface area is 158 Å². The Morgan fingerprint density at radius 2 is 1.88 bits per heavy atom. The molecule has 5 nitrogen and oxygen atoms in total. The molecule has 2 aromatic rings. The van der Waals surface area contributed by atoms with Crippen molar-refractivity contribution in [3.8, 4) is 0 Å². The lowest BCUT2D eigenvalue weighted by Gasteiger charge is -2.48. The molecule has 0 bridgehead atoms. The number of nitrogens with one attached hydrogen (secondary N) is 1. The summed E-state index contributed by atoms with van der Waals surface area (Å²) in [5, 5.41) is 3.43. The van der Waals surface area contributed by atoms with Crippen LogP contribution in [0.1, 0.15) is 38.8 Å². The molecule has 3 N–H and O–H groups in total. The molecule has 6 heteroatoms. The first-order chi connectivity index (χ1) is 12.3. The molecule has 1 aliphatic rings. The number of carbonyl (C=O) groups is 2. The Bertz CT molecular complexity index is 846.